The Hall–Kier alpha value is -5.67. The highest BCUT2D eigenvalue weighted by Gasteiger charge is 2.19. The smallest absolute Gasteiger partial charge is 0.0701 e. The number of pyridine rings is 1. The average molecular weight is 536 g/mol. The molecular weight excluding hydrogens is 510 g/mol. The topological polar surface area (TPSA) is 22.8 Å². The van der Waals surface area contributed by atoms with Crippen molar-refractivity contribution in [1.82, 2.24) is 14.1 Å². The van der Waals surface area contributed by atoms with Gasteiger partial charge in [-0.3, -0.25) is 4.98 Å². The minimum Gasteiger partial charge on any atom is -0.316 e. The molecule has 0 N–H and O–H groups in total. The van der Waals surface area contributed by atoms with E-state index in [0.29, 0.717) is 0 Å². The van der Waals surface area contributed by atoms with Gasteiger partial charge in [0.25, 0.3) is 0 Å². The fourth-order valence-corrected chi connectivity index (χ4v) is 6.71. The zero-order valence-electron chi connectivity index (χ0n) is 22.8. The second kappa shape index (κ2) is 8.92. The first-order chi connectivity index (χ1) is 20.8. The van der Waals surface area contributed by atoms with Crippen LogP contribution in [0.1, 0.15) is 0 Å². The van der Waals surface area contributed by atoms with Crippen LogP contribution in [-0.4, -0.2) is 14.1 Å². The highest BCUT2D eigenvalue weighted by atomic mass is 15.0. The molecule has 3 heteroatoms. The second-order valence-corrected chi connectivity index (χ2v) is 10.9. The first-order valence-corrected chi connectivity index (χ1v) is 14.3. The van der Waals surface area contributed by atoms with Gasteiger partial charge in [-0.1, -0.05) is 84.9 Å². The molecule has 0 radical (unpaired) electrons. The molecule has 0 fully saturated rings. The monoisotopic (exact) mass is 535 g/mol. The maximum Gasteiger partial charge on any atom is 0.0701 e. The van der Waals surface area contributed by atoms with Crippen LogP contribution in [0.5, 0.6) is 0 Å². The molecule has 0 amide bonds. The number of hydrogen-bond donors (Lipinski definition) is 0. The van der Waals surface area contributed by atoms with E-state index >= 15 is 0 Å². The van der Waals surface area contributed by atoms with Gasteiger partial charge in [0.1, 0.15) is 0 Å². The van der Waals surface area contributed by atoms with Crippen molar-refractivity contribution in [3.63, 3.8) is 0 Å². The molecule has 6 aromatic carbocycles. The van der Waals surface area contributed by atoms with E-state index in [2.05, 4.69) is 148 Å². The van der Waals surface area contributed by atoms with E-state index in [0.717, 1.165) is 16.9 Å². The first-order valence-electron chi connectivity index (χ1n) is 14.3. The van der Waals surface area contributed by atoms with Gasteiger partial charge in [0, 0.05) is 50.9 Å². The molecule has 9 aromatic rings. The van der Waals surface area contributed by atoms with Crippen LogP contribution < -0.4 is 0 Å². The largest absolute Gasteiger partial charge is 0.316 e. The van der Waals surface area contributed by atoms with Gasteiger partial charge < -0.3 is 9.13 Å². The summed E-state index contributed by atoms with van der Waals surface area (Å²) < 4.78 is 4.73. The Morgan fingerprint density at radius 1 is 0.452 bits per heavy atom. The average Bonchev–Trinajstić information content (AvgIpc) is 3.66. The van der Waals surface area contributed by atoms with Gasteiger partial charge in [0.05, 0.1) is 22.2 Å². The Labute approximate surface area is 242 Å². The van der Waals surface area contributed by atoms with E-state index in [9.17, 15) is 0 Å². The molecule has 0 unspecified atom stereocenters. The van der Waals surface area contributed by atoms with Crippen LogP contribution in [0.25, 0.3) is 76.9 Å². The number of nitrogens with zero attached hydrogens (tertiary/aromatic N) is 3. The van der Waals surface area contributed by atoms with Crippen molar-refractivity contribution in [2.45, 2.75) is 0 Å². The van der Waals surface area contributed by atoms with Crippen LogP contribution in [-0.2, 0) is 0 Å². The lowest BCUT2D eigenvalue weighted by atomic mass is 9.98. The molecule has 0 atom stereocenters. The van der Waals surface area contributed by atoms with Crippen molar-refractivity contribution < 1.29 is 0 Å². The van der Waals surface area contributed by atoms with Crippen molar-refractivity contribution in [2.24, 2.45) is 0 Å². The summed E-state index contributed by atoms with van der Waals surface area (Å²) in [7, 11) is 0. The fourth-order valence-electron chi connectivity index (χ4n) is 6.71. The maximum atomic E-state index is 4.52. The molecule has 42 heavy (non-hydrogen) atoms. The van der Waals surface area contributed by atoms with Crippen molar-refractivity contribution in [2.75, 3.05) is 0 Å². The first kappa shape index (κ1) is 23.1. The fraction of sp³-hybridized carbons (Fsp3) is 0. The van der Waals surface area contributed by atoms with Gasteiger partial charge in [0.2, 0.25) is 0 Å². The summed E-state index contributed by atoms with van der Waals surface area (Å²) in [6.45, 7) is 0. The van der Waals surface area contributed by atoms with Crippen molar-refractivity contribution >= 4 is 54.3 Å². The molecule has 9 rings (SSSR count). The lowest BCUT2D eigenvalue weighted by Crippen LogP contribution is -1.94. The van der Waals surface area contributed by atoms with E-state index in [1.54, 1.807) is 0 Å². The number of aromatic nitrogens is 3. The predicted octanol–water partition coefficient (Wildman–Crippen LogP) is 10.1. The Kier molecular flexibility index (Phi) is 4.90. The summed E-state index contributed by atoms with van der Waals surface area (Å²) in [6, 6.07) is 50.1. The van der Waals surface area contributed by atoms with E-state index in [-0.39, 0.29) is 0 Å². The standard InChI is InChI=1S/C39H25N3/c1-2-9-30(10-3-1)42-35-21-16-26-8-4-5-11-31(26)37(35)38-32-19-15-28-23-25-41(39(28)33(32)20-22-36(38)42)29-17-13-27(14-18-29)34-12-6-7-24-40-34/h1-25H. The molecule has 0 spiro atoms. The second-order valence-electron chi connectivity index (χ2n) is 10.9. The normalized spacial score (nSPS) is 11.8. The molecule has 0 aliphatic heterocycles. The number of fused-ring (bicyclic) bond motifs is 9. The molecule has 0 saturated heterocycles. The van der Waals surface area contributed by atoms with Crippen LogP contribution >= 0.6 is 0 Å². The Balaban J connectivity index is 1.36. The van der Waals surface area contributed by atoms with E-state index in [4.69, 9.17) is 0 Å². The van der Waals surface area contributed by atoms with Crippen molar-refractivity contribution in [1.29, 1.82) is 0 Å². The van der Waals surface area contributed by atoms with Gasteiger partial charge in [0.15, 0.2) is 0 Å². The SMILES string of the molecule is c1ccc(-n2c3ccc4ccccc4c3c3c4ccc5ccn(-c6ccc(-c7ccccn7)cc6)c5c4ccc32)cc1. The Morgan fingerprint density at radius 2 is 1.17 bits per heavy atom. The van der Waals surface area contributed by atoms with E-state index in [1.165, 1.54) is 59.9 Å². The molecule has 0 aliphatic carbocycles. The minimum atomic E-state index is 0.983. The lowest BCUT2D eigenvalue weighted by molar-refractivity contribution is 1.13. The minimum absolute atomic E-state index is 0.983. The van der Waals surface area contributed by atoms with Gasteiger partial charge in [-0.05, 0) is 70.8 Å². The van der Waals surface area contributed by atoms with Crippen LogP contribution in [0.15, 0.2) is 152 Å². The Bertz CT molecular complexity index is 2430. The quantitative estimate of drug-likeness (QED) is 0.221. The number of hydrogen-bond acceptors (Lipinski definition) is 1. The van der Waals surface area contributed by atoms with Gasteiger partial charge in [-0.25, -0.2) is 0 Å². The molecule has 0 aliphatic rings. The predicted molar refractivity (Wildman–Crippen MR) is 176 cm³/mol. The van der Waals surface area contributed by atoms with Crippen LogP contribution in [0, 0.1) is 0 Å². The summed E-state index contributed by atoms with van der Waals surface area (Å²) >= 11 is 0. The molecule has 0 saturated carbocycles. The third-order valence-electron chi connectivity index (χ3n) is 8.59. The van der Waals surface area contributed by atoms with Crippen LogP contribution in [0.2, 0.25) is 0 Å². The number of para-hydroxylation sites is 1. The summed E-state index contributed by atoms with van der Waals surface area (Å²) in [5.41, 5.74) is 8.07. The zero-order valence-corrected chi connectivity index (χ0v) is 22.8. The van der Waals surface area contributed by atoms with E-state index < -0.39 is 0 Å². The van der Waals surface area contributed by atoms with Gasteiger partial charge in [-0.15, -0.1) is 0 Å². The third-order valence-corrected chi connectivity index (χ3v) is 8.59. The molecule has 3 heterocycles. The molecule has 0 bridgehead atoms. The number of benzene rings is 6. The maximum absolute atomic E-state index is 4.52. The van der Waals surface area contributed by atoms with E-state index in [1.807, 2.05) is 18.3 Å². The van der Waals surface area contributed by atoms with Crippen LogP contribution in [0.4, 0.5) is 0 Å². The Morgan fingerprint density at radius 3 is 2.00 bits per heavy atom. The highest BCUT2D eigenvalue weighted by molar-refractivity contribution is 6.30. The van der Waals surface area contributed by atoms with Crippen LogP contribution in [0.3, 0.4) is 0 Å². The molecule has 3 nitrogen and oxygen atoms in total. The molecular formula is C39H25N3. The van der Waals surface area contributed by atoms with Gasteiger partial charge in [-0.2, -0.15) is 0 Å². The third kappa shape index (κ3) is 3.31. The summed E-state index contributed by atoms with van der Waals surface area (Å²) in [6.07, 6.45) is 4.03. The lowest BCUT2D eigenvalue weighted by Gasteiger charge is -2.11. The molecule has 196 valence electrons. The zero-order chi connectivity index (χ0) is 27.6. The number of rotatable bonds is 3. The highest BCUT2D eigenvalue weighted by Crippen LogP contribution is 2.42. The molecule has 3 aromatic heterocycles. The summed E-state index contributed by atoms with van der Waals surface area (Å²) in [5.74, 6) is 0. The summed E-state index contributed by atoms with van der Waals surface area (Å²) in [5, 5.41) is 8.87. The summed E-state index contributed by atoms with van der Waals surface area (Å²) in [4.78, 5) is 4.52. The van der Waals surface area contributed by atoms with Crippen molar-refractivity contribution in [3.05, 3.63) is 152 Å². The van der Waals surface area contributed by atoms with Gasteiger partial charge >= 0.3 is 0 Å². The van der Waals surface area contributed by atoms with Crippen molar-refractivity contribution in [3.8, 4) is 22.6 Å².